The van der Waals surface area contributed by atoms with E-state index in [1.807, 2.05) is 36.4 Å². The van der Waals surface area contributed by atoms with Gasteiger partial charge in [0.2, 0.25) is 6.41 Å². The number of amides is 1. The first-order valence-corrected chi connectivity index (χ1v) is 9.93. The van der Waals surface area contributed by atoms with Crippen molar-refractivity contribution in [3.63, 3.8) is 0 Å². The second-order valence-corrected chi connectivity index (χ2v) is 6.56. The molecule has 0 aliphatic carbocycles. The average molecular weight is 416 g/mol. The minimum absolute atomic E-state index is 0.250. The number of carboxylic acids is 1. The molecule has 160 valence electrons. The molecular formula is C27H29NO3. The van der Waals surface area contributed by atoms with Crippen LogP contribution in [0.2, 0.25) is 0 Å². The molecule has 0 aliphatic heterocycles. The molecule has 0 fully saturated rings. The summed E-state index contributed by atoms with van der Waals surface area (Å²) < 4.78 is 0. The van der Waals surface area contributed by atoms with Crippen molar-refractivity contribution in [1.29, 1.82) is 0 Å². The first-order chi connectivity index (χ1) is 15.0. The van der Waals surface area contributed by atoms with Crippen molar-refractivity contribution in [2.45, 2.75) is 19.8 Å². The van der Waals surface area contributed by atoms with E-state index in [-0.39, 0.29) is 6.41 Å². The van der Waals surface area contributed by atoms with E-state index in [2.05, 4.69) is 73.3 Å². The molecule has 0 bridgehead atoms. The number of primary amides is 1. The Bertz CT molecular complexity index is 931. The van der Waals surface area contributed by atoms with Gasteiger partial charge in [0.05, 0.1) is 0 Å². The van der Waals surface area contributed by atoms with Gasteiger partial charge in [-0.15, -0.1) is 0 Å². The summed E-state index contributed by atoms with van der Waals surface area (Å²) in [7, 11) is 0. The monoisotopic (exact) mass is 415 g/mol. The van der Waals surface area contributed by atoms with Gasteiger partial charge in [-0.25, -0.2) is 4.79 Å². The maximum atomic E-state index is 10.1. The zero-order valence-electron chi connectivity index (χ0n) is 17.7. The van der Waals surface area contributed by atoms with Gasteiger partial charge in [0, 0.05) is 6.08 Å². The molecule has 0 saturated heterocycles. The zero-order chi connectivity index (χ0) is 22.7. The normalized spacial score (nSPS) is 9.97. The quantitative estimate of drug-likeness (QED) is 0.410. The smallest absolute Gasteiger partial charge is 0.328 e. The molecule has 0 unspecified atom stereocenters. The lowest BCUT2D eigenvalue weighted by molar-refractivity contribution is -0.131. The van der Waals surface area contributed by atoms with E-state index in [0.29, 0.717) is 0 Å². The lowest BCUT2D eigenvalue weighted by atomic mass is 10.1. The van der Waals surface area contributed by atoms with E-state index in [1.54, 1.807) is 6.08 Å². The first kappa shape index (κ1) is 25.1. The van der Waals surface area contributed by atoms with Gasteiger partial charge in [-0.2, -0.15) is 0 Å². The minimum atomic E-state index is -0.922. The van der Waals surface area contributed by atoms with Crippen LogP contribution < -0.4 is 5.73 Å². The highest BCUT2D eigenvalue weighted by Crippen LogP contribution is 2.08. The molecule has 3 aromatic carbocycles. The number of aliphatic carboxylic acids is 1. The van der Waals surface area contributed by atoms with Gasteiger partial charge in [0.25, 0.3) is 0 Å². The topological polar surface area (TPSA) is 80.4 Å². The number of hydrogen-bond donors (Lipinski definition) is 2. The lowest BCUT2D eigenvalue weighted by Gasteiger charge is -1.98. The third-order valence-corrected chi connectivity index (χ3v) is 4.05. The highest BCUT2D eigenvalue weighted by atomic mass is 16.4. The Morgan fingerprint density at radius 3 is 1.81 bits per heavy atom. The summed E-state index contributed by atoms with van der Waals surface area (Å²) in [6, 6.07) is 28.5. The van der Waals surface area contributed by atoms with Crippen LogP contribution in [-0.4, -0.2) is 17.5 Å². The summed E-state index contributed by atoms with van der Waals surface area (Å²) in [6.07, 6.45) is 9.57. The minimum Gasteiger partial charge on any atom is -0.478 e. The van der Waals surface area contributed by atoms with Crippen molar-refractivity contribution in [3.8, 4) is 0 Å². The van der Waals surface area contributed by atoms with Crippen LogP contribution in [0.1, 0.15) is 28.7 Å². The van der Waals surface area contributed by atoms with Gasteiger partial charge < -0.3 is 10.8 Å². The second-order valence-electron chi connectivity index (χ2n) is 6.56. The highest BCUT2D eigenvalue weighted by Gasteiger charge is 1.90. The van der Waals surface area contributed by atoms with Crippen LogP contribution in [0.4, 0.5) is 0 Å². The van der Waals surface area contributed by atoms with Crippen LogP contribution in [0.3, 0.4) is 0 Å². The number of hydrogen-bond acceptors (Lipinski definition) is 2. The largest absolute Gasteiger partial charge is 0.478 e. The second kappa shape index (κ2) is 15.9. The van der Waals surface area contributed by atoms with E-state index in [1.165, 1.54) is 16.7 Å². The SMILES string of the molecule is Cc1ccc(CC/C=C/c2ccccc2)cc1.NC=O.O=C(O)/C=C/c1ccccc1. The van der Waals surface area contributed by atoms with Gasteiger partial charge >= 0.3 is 5.97 Å². The Morgan fingerprint density at radius 1 is 0.839 bits per heavy atom. The Morgan fingerprint density at radius 2 is 1.32 bits per heavy atom. The van der Waals surface area contributed by atoms with Crippen molar-refractivity contribution < 1.29 is 14.7 Å². The van der Waals surface area contributed by atoms with Gasteiger partial charge in [0.15, 0.2) is 0 Å². The van der Waals surface area contributed by atoms with Crippen molar-refractivity contribution in [2.24, 2.45) is 5.73 Å². The Hall–Kier alpha value is -3.92. The maximum absolute atomic E-state index is 10.1. The van der Waals surface area contributed by atoms with Crippen LogP contribution >= 0.6 is 0 Å². The van der Waals surface area contributed by atoms with Crippen LogP contribution in [-0.2, 0) is 16.0 Å². The summed E-state index contributed by atoms with van der Waals surface area (Å²) in [4.78, 5) is 18.7. The fraction of sp³-hybridized carbons (Fsp3) is 0.111. The van der Waals surface area contributed by atoms with Crippen molar-refractivity contribution in [3.05, 3.63) is 119 Å². The summed E-state index contributed by atoms with van der Waals surface area (Å²) >= 11 is 0. The van der Waals surface area contributed by atoms with E-state index >= 15 is 0 Å². The first-order valence-electron chi connectivity index (χ1n) is 9.93. The summed E-state index contributed by atoms with van der Waals surface area (Å²) in [5.41, 5.74) is 9.08. The Kier molecular flexibility index (Phi) is 12.9. The molecule has 0 saturated carbocycles. The fourth-order valence-corrected chi connectivity index (χ4v) is 2.52. The highest BCUT2D eigenvalue weighted by molar-refractivity contribution is 5.85. The van der Waals surface area contributed by atoms with Gasteiger partial charge in [-0.05, 0) is 42.5 Å². The lowest BCUT2D eigenvalue weighted by Crippen LogP contribution is -1.85. The summed E-state index contributed by atoms with van der Waals surface area (Å²) in [6.45, 7) is 2.12. The molecule has 0 spiro atoms. The molecule has 4 nitrogen and oxygen atoms in total. The number of allylic oxidation sites excluding steroid dienone is 1. The van der Waals surface area contributed by atoms with Gasteiger partial charge in [-0.1, -0.05) is 103 Å². The molecule has 31 heavy (non-hydrogen) atoms. The number of nitrogens with two attached hydrogens (primary N) is 1. The molecule has 0 radical (unpaired) electrons. The molecule has 0 aliphatic rings. The third kappa shape index (κ3) is 13.0. The molecule has 3 aromatic rings. The number of carboxylic acid groups (broad SMARTS) is 1. The van der Waals surface area contributed by atoms with Crippen molar-refractivity contribution >= 4 is 24.5 Å². The zero-order valence-corrected chi connectivity index (χ0v) is 17.7. The standard InChI is InChI=1S/C17H18.C9H8O2.CH3NO/c1-15-11-13-17(14-12-15)10-6-5-9-16-7-3-2-4-8-16;10-9(11)7-6-8-4-2-1-3-5-8;2-1-3/h2-5,7-9,11-14H,6,10H2,1H3;1-7H,(H,10,11);1H,(H2,2,3)/b9-5+;7-6+;. The van der Waals surface area contributed by atoms with Crippen LogP contribution in [0, 0.1) is 6.92 Å². The summed E-state index contributed by atoms with van der Waals surface area (Å²) in [5.74, 6) is -0.922. The maximum Gasteiger partial charge on any atom is 0.328 e. The third-order valence-electron chi connectivity index (χ3n) is 4.05. The molecule has 4 heteroatoms. The summed E-state index contributed by atoms with van der Waals surface area (Å²) in [5, 5.41) is 8.29. The predicted molar refractivity (Wildman–Crippen MR) is 128 cm³/mol. The Labute approximate surface area is 184 Å². The Balaban J connectivity index is 0.000000296. The molecule has 0 atom stereocenters. The van der Waals surface area contributed by atoms with E-state index in [4.69, 9.17) is 9.90 Å². The van der Waals surface area contributed by atoms with Crippen molar-refractivity contribution in [1.82, 2.24) is 0 Å². The number of rotatable bonds is 6. The van der Waals surface area contributed by atoms with Crippen LogP contribution in [0.25, 0.3) is 12.2 Å². The van der Waals surface area contributed by atoms with E-state index in [0.717, 1.165) is 24.5 Å². The number of benzene rings is 3. The molecule has 1 amide bonds. The fourth-order valence-electron chi connectivity index (χ4n) is 2.52. The number of aryl methyl sites for hydroxylation is 2. The average Bonchev–Trinajstić information content (AvgIpc) is 2.79. The molecule has 3 rings (SSSR count). The molecule has 0 heterocycles. The van der Waals surface area contributed by atoms with Gasteiger partial charge in [-0.3, -0.25) is 4.79 Å². The van der Waals surface area contributed by atoms with Crippen molar-refractivity contribution in [2.75, 3.05) is 0 Å². The van der Waals surface area contributed by atoms with E-state index < -0.39 is 5.97 Å². The van der Waals surface area contributed by atoms with Crippen LogP contribution in [0.5, 0.6) is 0 Å². The van der Waals surface area contributed by atoms with Gasteiger partial charge in [0.1, 0.15) is 0 Å². The molecule has 3 N–H and O–H groups in total. The predicted octanol–water partition coefficient (Wildman–Crippen LogP) is 5.53. The molecule has 0 aromatic heterocycles. The van der Waals surface area contributed by atoms with Crippen LogP contribution in [0.15, 0.2) is 97.1 Å². The number of carbonyl (C=O) groups excluding carboxylic acids is 1. The van der Waals surface area contributed by atoms with E-state index in [9.17, 15) is 4.79 Å². The molecular weight excluding hydrogens is 386 g/mol. The number of carbonyl (C=O) groups is 2.